The third-order valence-corrected chi connectivity index (χ3v) is 5.59. The van der Waals surface area contributed by atoms with Gasteiger partial charge < -0.3 is 50.0 Å². The molecule has 2 saturated heterocycles. The van der Waals surface area contributed by atoms with Gasteiger partial charge in [0.05, 0.1) is 6.61 Å². The topological polar surface area (TPSA) is 265 Å². The molecule has 0 amide bonds. The van der Waals surface area contributed by atoms with Gasteiger partial charge in [0.15, 0.2) is 24.1 Å². The molecule has 15 heteroatoms. The van der Waals surface area contributed by atoms with E-state index in [1.807, 2.05) is 0 Å². The van der Waals surface area contributed by atoms with Gasteiger partial charge >= 0.3 is 0 Å². The van der Waals surface area contributed by atoms with Gasteiger partial charge in [-0.2, -0.15) is 0 Å². The van der Waals surface area contributed by atoms with Crippen LogP contribution in [0, 0.1) is 0 Å². The van der Waals surface area contributed by atoms with Crippen LogP contribution in [-0.4, -0.2) is 121 Å². The SMILES string of the molecule is CC(=O)C(N)(ON)[C@@]1(C(C)=O)O[C@@H](O[C@H]2[C@H](O)[C@@H](O)[C@@H](O)O[C@@H]2CO)[C@H](O)[C@@H](O)[C@H]1O. The summed E-state index contributed by atoms with van der Waals surface area (Å²) in [6, 6.07) is 0. The van der Waals surface area contributed by atoms with Crippen molar-refractivity contribution < 1.29 is 64.4 Å². The second kappa shape index (κ2) is 9.36. The van der Waals surface area contributed by atoms with Crippen molar-refractivity contribution in [2.24, 2.45) is 11.6 Å². The summed E-state index contributed by atoms with van der Waals surface area (Å²) in [6.45, 7) is 0.861. The third-order valence-electron chi connectivity index (χ3n) is 5.59. The van der Waals surface area contributed by atoms with Gasteiger partial charge in [-0.25, -0.2) is 5.90 Å². The Balaban J connectivity index is 2.49. The molecular formula is C16H28N2O13. The molecule has 0 spiro atoms. The summed E-state index contributed by atoms with van der Waals surface area (Å²) < 4.78 is 15.6. The van der Waals surface area contributed by atoms with Crippen molar-refractivity contribution in [1.82, 2.24) is 0 Å². The lowest BCUT2D eigenvalue weighted by Crippen LogP contribution is -2.81. The summed E-state index contributed by atoms with van der Waals surface area (Å²) >= 11 is 0. The lowest BCUT2D eigenvalue weighted by Gasteiger charge is -2.53. The maximum atomic E-state index is 12.5. The number of aliphatic hydroxyl groups is 7. The van der Waals surface area contributed by atoms with E-state index in [0.717, 1.165) is 13.8 Å². The second-order valence-electron chi connectivity index (χ2n) is 7.44. The van der Waals surface area contributed by atoms with E-state index in [1.54, 1.807) is 0 Å². The van der Waals surface area contributed by atoms with Gasteiger partial charge in [0.25, 0.3) is 0 Å². The zero-order chi connectivity index (χ0) is 23.9. The first kappa shape index (κ1) is 26.1. The van der Waals surface area contributed by atoms with Crippen molar-refractivity contribution in [2.75, 3.05) is 6.61 Å². The van der Waals surface area contributed by atoms with Crippen molar-refractivity contribution in [2.45, 2.75) is 80.5 Å². The maximum absolute atomic E-state index is 12.5. The van der Waals surface area contributed by atoms with Crippen LogP contribution < -0.4 is 11.6 Å². The quantitative estimate of drug-likeness (QED) is 0.127. The Morgan fingerprint density at radius 3 is 2.06 bits per heavy atom. The summed E-state index contributed by atoms with van der Waals surface area (Å²) in [5.74, 6) is 2.87. The summed E-state index contributed by atoms with van der Waals surface area (Å²) in [5.41, 5.74) is 0.0901. The Morgan fingerprint density at radius 2 is 1.61 bits per heavy atom. The van der Waals surface area contributed by atoms with Gasteiger partial charge in [-0.3, -0.25) is 20.2 Å². The van der Waals surface area contributed by atoms with Crippen molar-refractivity contribution in [1.29, 1.82) is 0 Å². The van der Waals surface area contributed by atoms with Gasteiger partial charge in [-0.15, -0.1) is 0 Å². The average Bonchev–Trinajstić information content (AvgIpc) is 2.72. The highest BCUT2D eigenvalue weighted by Gasteiger charge is 2.69. The van der Waals surface area contributed by atoms with Gasteiger partial charge in [-0.1, -0.05) is 0 Å². The molecule has 2 fully saturated rings. The fraction of sp³-hybridized carbons (Fsp3) is 0.875. The van der Waals surface area contributed by atoms with Crippen molar-refractivity contribution >= 4 is 11.6 Å². The molecular weight excluding hydrogens is 428 g/mol. The molecule has 15 nitrogen and oxygen atoms in total. The number of nitrogens with two attached hydrogens (primary N) is 2. The maximum Gasteiger partial charge on any atom is 0.234 e. The van der Waals surface area contributed by atoms with Crippen LogP contribution >= 0.6 is 0 Å². The molecule has 1 unspecified atom stereocenters. The smallest absolute Gasteiger partial charge is 0.234 e. The van der Waals surface area contributed by atoms with Crippen LogP contribution in [-0.2, 0) is 28.6 Å². The minimum atomic E-state index is -2.88. The number of hydrogen-bond donors (Lipinski definition) is 9. The average molecular weight is 456 g/mol. The fourth-order valence-electron chi connectivity index (χ4n) is 3.70. The first-order valence-corrected chi connectivity index (χ1v) is 9.17. The van der Waals surface area contributed by atoms with E-state index < -0.39 is 84.8 Å². The molecule has 2 rings (SSSR count). The van der Waals surface area contributed by atoms with Crippen LogP contribution in [0.4, 0.5) is 0 Å². The van der Waals surface area contributed by atoms with E-state index in [0.29, 0.717) is 0 Å². The highest BCUT2D eigenvalue weighted by Crippen LogP contribution is 2.40. The zero-order valence-corrected chi connectivity index (χ0v) is 16.6. The van der Waals surface area contributed by atoms with Gasteiger partial charge in [0.1, 0.15) is 42.7 Å². The van der Waals surface area contributed by atoms with Crippen molar-refractivity contribution in [3.8, 4) is 0 Å². The van der Waals surface area contributed by atoms with E-state index in [1.165, 1.54) is 0 Å². The highest BCUT2D eigenvalue weighted by atomic mass is 16.7. The van der Waals surface area contributed by atoms with Crippen LogP contribution in [0.5, 0.6) is 0 Å². The molecule has 0 aliphatic carbocycles. The van der Waals surface area contributed by atoms with E-state index in [9.17, 15) is 45.3 Å². The number of hydrogen-bond acceptors (Lipinski definition) is 15. The van der Waals surface area contributed by atoms with Crippen LogP contribution in [0.3, 0.4) is 0 Å². The molecule has 0 aromatic carbocycles. The number of Topliss-reactive ketones (excluding diaryl/α,β-unsaturated/α-hetero) is 2. The van der Waals surface area contributed by atoms with Gasteiger partial charge in [-0.05, 0) is 13.8 Å². The lowest BCUT2D eigenvalue weighted by atomic mass is 9.74. The first-order valence-electron chi connectivity index (χ1n) is 9.17. The Labute approximate surface area is 175 Å². The summed E-state index contributed by atoms with van der Waals surface area (Å²) in [6.07, 6.45) is -17.5. The molecule has 0 aromatic rings. The molecule has 11 atom stereocenters. The first-order chi connectivity index (χ1) is 14.3. The lowest BCUT2D eigenvalue weighted by molar-refractivity contribution is -0.381. The number of carbonyl (C=O) groups excluding carboxylic acids is 2. The molecule has 0 aromatic heterocycles. The molecule has 11 N–H and O–H groups in total. The summed E-state index contributed by atoms with van der Waals surface area (Å²) in [7, 11) is 0. The van der Waals surface area contributed by atoms with Crippen LogP contribution in [0.2, 0.25) is 0 Å². The third kappa shape index (κ3) is 4.02. The van der Waals surface area contributed by atoms with Crippen LogP contribution in [0.25, 0.3) is 0 Å². The van der Waals surface area contributed by atoms with Gasteiger partial charge in [0.2, 0.25) is 11.3 Å². The minimum Gasteiger partial charge on any atom is -0.394 e. The number of carbonyl (C=O) groups is 2. The van der Waals surface area contributed by atoms with Gasteiger partial charge in [0, 0.05) is 0 Å². The van der Waals surface area contributed by atoms with E-state index >= 15 is 0 Å². The predicted molar refractivity (Wildman–Crippen MR) is 94.0 cm³/mol. The monoisotopic (exact) mass is 456 g/mol. The van der Waals surface area contributed by atoms with E-state index in [2.05, 4.69) is 4.84 Å². The van der Waals surface area contributed by atoms with Crippen molar-refractivity contribution in [3.05, 3.63) is 0 Å². The van der Waals surface area contributed by atoms with Crippen molar-refractivity contribution in [3.63, 3.8) is 0 Å². The molecule has 0 radical (unpaired) electrons. The molecule has 2 aliphatic heterocycles. The number of aliphatic hydroxyl groups excluding tert-OH is 7. The minimum absolute atomic E-state index is 0.836. The molecule has 2 aliphatic rings. The summed E-state index contributed by atoms with van der Waals surface area (Å²) in [5, 5.41) is 70.3. The standard InChI is InChI=1S/C16H28N2O13/c1-4(20)15(16(17,31-18)5(2)21)12(26)8(23)10(25)14(30-15)29-11-6(3-19)28-13(27)9(24)7(11)22/h6-14,19,22-27H,3,17-18H2,1-2H3/t6-,7-,8-,9-,10-,11-,12-,13+,14-,15+,16?/m1/s1. The molecule has 0 saturated carbocycles. The van der Waals surface area contributed by atoms with Crippen LogP contribution in [0.15, 0.2) is 0 Å². The van der Waals surface area contributed by atoms with E-state index in [4.69, 9.17) is 25.8 Å². The summed E-state index contributed by atoms with van der Waals surface area (Å²) in [4.78, 5) is 29.2. The number of ketones is 2. The Hall–Kier alpha value is -1.18. The Morgan fingerprint density at radius 1 is 1.03 bits per heavy atom. The normalized spacial score (nSPS) is 45.7. The van der Waals surface area contributed by atoms with Crippen LogP contribution in [0.1, 0.15) is 13.8 Å². The highest BCUT2D eigenvalue weighted by molar-refractivity contribution is 5.98. The number of ether oxygens (including phenoxy) is 3. The molecule has 31 heavy (non-hydrogen) atoms. The Bertz CT molecular complexity index is 680. The molecule has 0 bridgehead atoms. The number of rotatable bonds is 7. The molecule has 2 heterocycles. The predicted octanol–water partition coefficient (Wildman–Crippen LogP) is -6.30. The fourth-order valence-corrected chi connectivity index (χ4v) is 3.70. The largest absolute Gasteiger partial charge is 0.394 e. The second-order valence-corrected chi connectivity index (χ2v) is 7.44. The zero-order valence-electron chi connectivity index (χ0n) is 16.6. The Kier molecular flexibility index (Phi) is 7.87. The van der Waals surface area contributed by atoms with E-state index in [-0.39, 0.29) is 0 Å². The molecule has 180 valence electrons.